The SMILES string of the molecule is CC1(C)CN(C(=O)N2CCn3c(cnc3C#Cc3cccc(Cl)c3)C2)CCO1. The Morgan fingerprint density at radius 2 is 2.07 bits per heavy atom. The maximum Gasteiger partial charge on any atom is 0.320 e. The molecular weight excluding hydrogens is 376 g/mol. The van der Waals surface area contributed by atoms with Gasteiger partial charge in [-0.15, -0.1) is 0 Å². The van der Waals surface area contributed by atoms with Gasteiger partial charge in [-0.2, -0.15) is 0 Å². The van der Waals surface area contributed by atoms with Gasteiger partial charge < -0.3 is 19.1 Å². The van der Waals surface area contributed by atoms with Crippen molar-refractivity contribution >= 4 is 17.6 Å². The second-order valence-corrected chi connectivity index (χ2v) is 8.16. The zero-order valence-electron chi connectivity index (χ0n) is 16.1. The van der Waals surface area contributed by atoms with Crippen LogP contribution in [0.4, 0.5) is 4.79 Å². The van der Waals surface area contributed by atoms with E-state index in [0.717, 1.165) is 17.1 Å². The Hall–Kier alpha value is -2.49. The molecule has 0 N–H and O–H groups in total. The lowest BCUT2D eigenvalue weighted by Gasteiger charge is -2.41. The molecule has 1 fully saturated rings. The Morgan fingerprint density at radius 3 is 2.86 bits per heavy atom. The summed E-state index contributed by atoms with van der Waals surface area (Å²) in [5.41, 5.74) is 1.56. The van der Waals surface area contributed by atoms with Crippen molar-refractivity contribution in [2.45, 2.75) is 32.5 Å². The highest BCUT2D eigenvalue weighted by Crippen LogP contribution is 2.21. The van der Waals surface area contributed by atoms with Crippen LogP contribution in [0.5, 0.6) is 0 Å². The molecule has 7 heteroatoms. The van der Waals surface area contributed by atoms with Crippen LogP contribution in [-0.2, 0) is 17.8 Å². The highest BCUT2D eigenvalue weighted by Gasteiger charge is 2.33. The predicted octanol–water partition coefficient (Wildman–Crippen LogP) is 2.98. The average molecular weight is 399 g/mol. The number of morpholine rings is 1. The van der Waals surface area contributed by atoms with E-state index in [1.54, 1.807) is 0 Å². The molecule has 1 aromatic carbocycles. The zero-order chi connectivity index (χ0) is 19.7. The maximum absolute atomic E-state index is 12.9. The van der Waals surface area contributed by atoms with Gasteiger partial charge >= 0.3 is 6.03 Å². The lowest BCUT2D eigenvalue weighted by atomic mass is 10.1. The van der Waals surface area contributed by atoms with E-state index in [1.165, 1.54) is 0 Å². The molecule has 6 nitrogen and oxygen atoms in total. The van der Waals surface area contributed by atoms with Crippen molar-refractivity contribution in [1.29, 1.82) is 0 Å². The standard InChI is InChI=1S/C21H23ClN4O2/c1-21(2)15-25(10-11-28-21)20(27)24-8-9-26-18(14-24)13-23-19(26)7-6-16-4-3-5-17(22)12-16/h3-5,12-13H,8-11,14-15H2,1-2H3. The number of halogens is 1. The first-order valence-corrected chi connectivity index (χ1v) is 9.79. The molecule has 0 atom stereocenters. The molecule has 3 heterocycles. The van der Waals surface area contributed by atoms with Gasteiger partial charge in [0.25, 0.3) is 0 Å². The second-order valence-electron chi connectivity index (χ2n) is 7.72. The zero-order valence-corrected chi connectivity index (χ0v) is 16.9. The van der Waals surface area contributed by atoms with Crippen molar-refractivity contribution in [3.8, 4) is 11.8 Å². The van der Waals surface area contributed by atoms with Gasteiger partial charge in [0.2, 0.25) is 0 Å². The molecule has 2 aliphatic rings. The minimum absolute atomic E-state index is 0.0652. The van der Waals surface area contributed by atoms with Gasteiger partial charge in [0.1, 0.15) is 0 Å². The summed E-state index contributed by atoms with van der Waals surface area (Å²) >= 11 is 6.01. The number of rotatable bonds is 0. The molecule has 2 aliphatic heterocycles. The normalized spacial score (nSPS) is 18.2. The average Bonchev–Trinajstić information content (AvgIpc) is 3.07. The minimum Gasteiger partial charge on any atom is -0.372 e. The van der Waals surface area contributed by atoms with Crippen molar-refractivity contribution in [2.24, 2.45) is 0 Å². The third-order valence-electron chi connectivity index (χ3n) is 4.99. The molecule has 2 amide bonds. The Labute approximate surface area is 170 Å². The fourth-order valence-corrected chi connectivity index (χ4v) is 3.81. The van der Waals surface area contributed by atoms with Crippen LogP contribution in [0.2, 0.25) is 5.02 Å². The summed E-state index contributed by atoms with van der Waals surface area (Å²) in [7, 11) is 0. The molecule has 4 rings (SSSR count). The number of fused-ring (bicyclic) bond motifs is 1. The van der Waals surface area contributed by atoms with Crippen molar-refractivity contribution in [1.82, 2.24) is 19.4 Å². The Kier molecular flexibility index (Phi) is 5.05. The minimum atomic E-state index is -0.297. The number of benzene rings is 1. The smallest absolute Gasteiger partial charge is 0.320 e. The number of amides is 2. The predicted molar refractivity (Wildman–Crippen MR) is 107 cm³/mol. The van der Waals surface area contributed by atoms with Crippen molar-refractivity contribution in [2.75, 3.05) is 26.2 Å². The molecular formula is C21H23ClN4O2. The van der Waals surface area contributed by atoms with E-state index in [2.05, 4.69) is 21.4 Å². The topological polar surface area (TPSA) is 50.6 Å². The number of carbonyl (C=O) groups is 1. The molecule has 1 saturated heterocycles. The van der Waals surface area contributed by atoms with Crippen LogP contribution in [0.3, 0.4) is 0 Å². The highest BCUT2D eigenvalue weighted by molar-refractivity contribution is 6.30. The third kappa shape index (κ3) is 4.01. The number of hydrogen-bond donors (Lipinski definition) is 0. The van der Waals surface area contributed by atoms with Crippen LogP contribution in [0, 0.1) is 11.8 Å². The molecule has 1 aromatic heterocycles. The van der Waals surface area contributed by atoms with E-state index >= 15 is 0 Å². The molecule has 28 heavy (non-hydrogen) atoms. The van der Waals surface area contributed by atoms with Gasteiger partial charge in [-0.3, -0.25) is 0 Å². The summed E-state index contributed by atoms with van der Waals surface area (Å²) in [6.45, 7) is 7.73. The lowest BCUT2D eigenvalue weighted by Crippen LogP contribution is -2.55. The first-order valence-electron chi connectivity index (χ1n) is 9.41. The van der Waals surface area contributed by atoms with Crippen LogP contribution in [-0.4, -0.2) is 57.2 Å². The van der Waals surface area contributed by atoms with E-state index in [9.17, 15) is 4.79 Å². The summed E-state index contributed by atoms with van der Waals surface area (Å²) in [4.78, 5) is 21.1. The summed E-state index contributed by atoms with van der Waals surface area (Å²) in [6, 6.07) is 7.52. The Bertz CT molecular complexity index is 957. The van der Waals surface area contributed by atoms with Crippen LogP contribution in [0.25, 0.3) is 0 Å². The number of aromatic nitrogens is 2. The van der Waals surface area contributed by atoms with Gasteiger partial charge in [-0.05, 0) is 38.0 Å². The number of imidazole rings is 1. The van der Waals surface area contributed by atoms with Crippen LogP contribution in [0.1, 0.15) is 30.9 Å². The lowest BCUT2D eigenvalue weighted by molar-refractivity contribution is -0.0769. The van der Waals surface area contributed by atoms with Gasteiger partial charge in [0, 0.05) is 30.2 Å². The van der Waals surface area contributed by atoms with Crippen LogP contribution >= 0.6 is 11.6 Å². The largest absolute Gasteiger partial charge is 0.372 e. The fourth-order valence-electron chi connectivity index (χ4n) is 3.62. The van der Waals surface area contributed by atoms with E-state index in [-0.39, 0.29) is 11.6 Å². The summed E-state index contributed by atoms with van der Waals surface area (Å²) < 4.78 is 7.80. The monoisotopic (exact) mass is 398 g/mol. The summed E-state index contributed by atoms with van der Waals surface area (Å²) in [6.07, 6.45) is 1.81. The first kappa shape index (κ1) is 18.9. The van der Waals surface area contributed by atoms with Crippen LogP contribution < -0.4 is 0 Å². The summed E-state index contributed by atoms with van der Waals surface area (Å²) in [5, 5.41) is 0.664. The van der Waals surface area contributed by atoms with E-state index in [0.29, 0.717) is 44.4 Å². The van der Waals surface area contributed by atoms with Gasteiger partial charge in [0.05, 0.1) is 37.2 Å². The molecule has 0 bridgehead atoms. The Morgan fingerprint density at radius 1 is 1.21 bits per heavy atom. The first-order chi connectivity index (χ1) is 13.4. The molecule has 0 radical (unpaired) electrons. The number of carbonyl (C=O) groups excluding carboxylic acids is 1. The van der Waals surface area contributed by atoms with Gasteiger partial charge in [0.15, 0.2) is 5.82 Å². The molecule has 0 unspecified atom stereocenters. The van der Waals surface area contributed by atoms with E-state index in [1.807, 2.05) is 54.1 Å². The Balaban J connectivity index is 1.47. The molecule has 2 aromatic rings. The summed E-state index contributed by atoms with van der Waals surface area (Å²) in [5.74, 6) is 6.96. The third-order valence-corrected chi connectivity index (χ3v) is 5.23. The van der Waals surface area contributed by atoms with Crippen molar-refractivity contribution < 1.29 is 9.53 Å². The number of ether oxygens (including phenoxy) is 1. The van der Waals surface area contributed by atoms with Gasteiger partial charge in [-0.25, -0.2) is 9.78 Å². The molecule has 0 spiro atoms. The quantitative estimate of drug-likeness (QED) is 0.641. The number of urea groups is 1. The van der Waals surface area contributed by atoms with Crippen molar-refractivity contribution in [3.63, 3.8) is 0 Å². The molecule has 0 aliphatic carbocycles. The van der Waals surface area contributed by atoms with Crippen molar-refractivity contribution in [3.05, 3.63) is 52.6 Å². The molecule has 146 valence electrons. The maximum atomic E-state index is 12.9. The fraction of sp³-hybridized carbons (Fsp3) is 0.429. The van der Waals surface area contributed by atoms with Crippen LogP contribution in [0.15, 0.2) is 30.5 Å². The highest BCUT2D eigenvalue weighted by atomic mass is 35.5. The second kappa shape index (κ2) is 7.50. The number of nitrogens with zero attached hydrogens (tertiary/aromatic N) is 4. The van der Waals surface area contributed by atoms with Gasteiger partial charge in [-0.1, -0.05) is 23.6 Å². The molecule has 0 saturated carbocycles. The van der Waals surface area contributed by atoms with E-state index < -0.39 is 0 Å². The van der Waals surface area contributed by atoms with E-state index in [4.69, 9.17) is 16.3 Å². The number of hydrogen-bond acceptors (Lipinski definition) is 3.